The van der Waals surface area contributed by atoms with Gasteiger partial charge in [0.2, 0.25) is 5.91 Å². The number of nitrogens with one attached hydrogen (secondary N) is 2. The Kier molecular flexibility index (Phi) is 5.18. The van der Waals surface area contributed by atoms with E-state index < -0.39 is 36.5 Å². The van der Waals surface area contributed by atoms with Crippen molar-refractivity contribution in [3.05, 3.63) is 29.8 Å². The zero-order chi connectivity index (χ0) is 17.9. The van der Waals surface area contributed by atoms with E-state index in [1.54, 1.807) is 26.0 Å². The van der Waals surface area contributed by atoms with Crippen molar-refractivity contribution in [3.8, 4) is 0 Å². The highest BCUT2D eigenvalue weighted by atomic mass is 16.2. The van der Waals surface area contributed by atoms with Crippen LogP contribution in [-0.4, -0.2) is 47.9 Å². The van der Waals surface area contributed by atoms with Gasteiger partial charge in [-0.25, -0.2) is 9.59 Å². The minimum atomic E-state index is -0.722. The molecule has 1 aromatic carbocycles. The van der Waals surface area contributed by atoms with Gasteiger partial charge in [-0.05, 0) is 32.9 Å². The zero-order valence-electron chi connectivity index (χ0n) is 13.8. The van der Waals surface area contributed by atoms with Crippen molar-refractivity contribution in [2.24, 2.45) is 0 Å². The highest BCUT2D eigenvalue weighted by Crippen LogP contribution is 2.25. The van der Waals surface area contributed by atoms with Gasteiger partial charge in [-0.3, -0.25) is 24.7 Å². The van der Waals surface area contributed by atoms with Gasteiger partial charge in [0.05, 0.1) is 0 Å². The lowest BCUT2D eigenvalue weighted by Crippen LogP contribution is -2.46. The number of imide groups is 2. The fourth-order valence-electron chi connectivity index (χ4n) is 2.43. The lowest BCUT2D eigenvalue weighted by Gasteiger charge is -2.19. The molecule has 1 aliphatic rings. The first-order chi connectivity index (χ1) is 11.3. The van der Waals surface area contributed by atoms with Crippen LogP contribution in [0.3, 0.4) is 0 Å². The first-order valence-electron chi connectivity index (χ1n) is 7.64. The van der Waals surface area contributed by atoms with Gasteiger partial charge in [0.1, 0.15) is 12.6 Å². The fourth-order valence-corrected chi connectivity index (χ4v) is 2.43. The normalized spacial score (nSPS) is 17.2. The maximum Gasteiger partial charge on any atom is 0.332 e. The van der Waals surface area contributed by atoms with E-state index in [1.807, 2.05) is 19.1 Å². The molecule has 0 aromatic heterocycles. The maximum absolute atomic E-state index is 12.5. The third-order valence-electron chi connectivity index (χ3n) is 3.65. The second-order valence-electron chi connectivity index (χ2n) is 5.50. The summed E-state index contributed by atoms with van der Waals surface area (Å²) in [6.45, 7) is 5.09. The molecule has 2 N–H and O–H groups in total. The summed E-state index contributed by atoms with van der Waals surface area (Å²) < 4.78 is 0. The Hall–Kier alpha value is -2.90. The van der Waals surface area contributed by atoms with Crippen LogP contribution in [-0.2, 0) is 9.59 Å². The Balaban J connectivity index is 2.11. The van der Waals surface area contributed by atoms with E-state index in [-0.39, 0.29) is 0 Å². The molecule has 0 radical (unpaired) electrons. The molecule has 0 bridgehead atoms. The molecule has 1 aromatic rings. The molecule has 1 aliphatic heterocycles. The molecular formula is C16H20N4O4. The van der Waals surface area contributed by atoms with Crippen molar-refractivity contribution in [2.45, 2.75) is 26.8 Å². The monoisotopic (exact) mass is 332 g/mol. The molecule has 0 saturated carbocycles. The Morgan fingerprint density at radius 2 is 1.79 bits per heavy atom. The zero-order valence-corrected chi connectivity index (χ0v) is 13.8. The quantitative estimate of drug-likeness (QED) is 0.804. The van der Waals surface area contributed by atoms with Crippen LogP contribution in [0.5, 0.6) is 0 Å². The molecule has 1 unspecified atom stereocenters. The largest absolute Gasteiger partial charge is 0.338 e. The number of urea groups is 2. The average Bonchev–Trinajstić information content (AvgIpc) is 2.72. The molecule has 0 aliphatic carbocycles. The summed E-state index contributed by atoms with van der Waals surface area (Å²) in [7, 11) is 0. The molecule has 8 nitrogen and oxygen atoms in total. The second-order valence-corrected chi connectivity index (χ2v) is 5.50. The molecule has 1 fully saturated rings. The number of carbonyl (C=O) groups is 4. The number of benzene rings is 1. The van der Waals surface area contributed by atoms with Crippen LogP contribution in [0.2, 0.25) is 0 Å². The van der Waals surface area contributed by atoms with Gasteiger partial charge in [0.15, 0.2) is 0 Å². The van der Waals surface area contributed by atoms with Crippen molar-refractivity contribution >= 4 is 29.6 Å². The number of carbonyl (C=O) groups excluding carboxylic acids is 4. The van der Waals surface area contributed by atoms with E-state index in [0.717, 1.165) is 10.5 Å². The van der Waals surface area contributed by atoms with Crippen LogP contribution in [0.1, 0.15) is 19.4 Å². The molecule has 24 heavy (non-hydrogen) atoms. The molecule has 1 heterocycles. The van der Waals surface area contributed by atoms with E-state index in [0.29, 0.717) is 12.2 Å². The highest BCUT2D eigenvalue weighted by molar-refractivity contribution is 6.15. The van der Waals surface area contributed by atoms with Gasteiger partial charge in [0, 0.05) is 12.2 Å². The number of nitrogens with zero attached hydrogens (tertiary/aromatic N) is 2. The SMILES string of the molecule is CCNC(=O)NC(=O)CN1C(=O)C(C)N(c2ccc(C)cc2)C1=O. The topological polar surface area (TPSA) is 98.8 Å². The van der Waals surface area contributed by atoms with Gasteiger partial charge in [-0.15, -0.1) is 0 Å². The third kappa shape index (κ3) is 3.53. The summed E-state index contributed by atoms with van der Waals surface area (Å²) in [4.78, 5) is 50.2. The molecule has 6 amide bonds. The van der Waals surface area contributed by atoms with Crippen molar-refractivity contribution in [2.75, 3.05) is 18.0 Å². The molecular weight excluding hydrogens is 312 g/mol. The molecule has 8 heteroatoms. The molecule has 0 spiro atoms. The van der Waals surface area contributed by atoms with Gasteiger partial charge in [-0.1, -0.05) is 17.7 Å². The highest BCUT2D eigenvalue weighted by Gasteiger charge is 2.44. The van der Waals surface area contributed by atoms with Crippen LogP contribution in [0.25, 0.3) is 0 Å². The predicted molar refractivity (Wildman–Crippen MR) is 87.4 cm³/mol. The van der Waals surface area contributed by atoms with E-state index >= 15 is 0 Å². The maximum atomic E-state index is 12.5. The molecule has 2 rings (SSSR count). The number of aryl methyl sites for hydroxylation is 1. The van der Waals surface area contributed by atoms with Crippen LogP contribution < -0.4 is 15.5 Å². The Bertz CT molecular complexity index is 671. The Morgan fingerprint density at radius 3 is 2.38 bits per heavy atom. The second kappa shape index (κ2) is 7.12. The summed E-state index contributed by atoms with van der Waals surface area (Å²) in [6, 6.07) is 5.21. The van der Waals surface area contributed by atoms with Crippen molar-refractivity contribution in [3.63, 3.8) is 0 Å². The first kappa shape index (κ1) is 17.5. The minimum Gasteiger partial charge on any atom is -0.338 e. The third-order valence-corrected chi connectivity index (χ3v) is 3.65. The fraction of sp³-hybridized carbons (Fsp3) is 0.375. The lowest BCUT2D eigenvalue weighted by molar-refractivity contribution is -0.131. The number of hydrogen-bond acceptors (Lipinski definition) is 4. The summed E-state index contributed by atoms with van der Waals surface area (Å²) in [5.41, 5.74) is 1.61. The number of rotatable bonds is 4. The summed E-state index contributed by atoms with van der Waals surface area (Å²) in [5, 5.41) is 4.47. The first-order valence-corrected chi connectivity index (χ1v) is 7.64. The van der Waals surface area contributed by atoms with Gasteiger partial charge in [-0.2, -0.15) is 0 Å². The van der Waals surface area contributed by atoms with Crippen LogP contribution in [0.4, 0.5) is 15.3 Å². The minimum absolute atomic E-state index is 0.360. The van der Waals surface area contributed by atoms with Crippen LogP contribution >= 0.6 is 0 Å². The Morgan fingerprint density at radius 1 is 1.17 bits per heavy atom. The average molecular weight is 332 g/mol. The smallest absolute Gasteiger partial charge is 0.332 e. The van der Waals surface area contributed by atoms with Gasteiger partial charge in [0.25, 0.3) is 5.91 Å². The van der Waals surface area contributed by atoms with Crippen molar-refractivity contribution < 1.29 is 19.2 Å². The summed E-state index contributed by atoms with van der Waals surface area (Å²) >= 11 is 0. The standard InChI is InChI=1S/C16H20N4O4/c1-4-17-15(23)18-13(21)9-19-14(22)11(3)20(16(19)24)12-7-5-10(2)6-8-12/h5-8,11H,4,9H2,1-3H3,(H2,17,18,21,23). The van der Waals surface area contributed by atoms with E-state index in [1.165, 1.54) is 4.90 Å². The number of hydrogen-bond donors (Lipinski definition) is 2. The number of anilines is 1. The van der Waals surface area contributed by atoms with Crippen molar-refractivity contribution in [1.82, 2.24) is 15.5 Å². The summed E-state index contributed by atoms with van der Waals surface area (Å²) in [6.07, 6.45) is 0. The van der Waals surface area contributed by atoms with Gasteiger partial charge < -0.3 is 5.32 Å². The van der Waals surface area contributed by atoms with Crippen LogP contribution in [0, 0.1) is 6.92 Å². The lowest BCUT2D eigenvalue weighted by atomic mass is 10.2. The molecule has 128 valence electrons. The molecule has 1 saturated heterocycles. The van der Waals surface area contributed by atoms with Crippen LogP contribution in [0.15, 0.2) is 24.3 Å². The van der Waals surface area contributed by atoms with Crippen molar-refractivity contribution in [1.29, 1.82) is 0 Å². The Labute approximate surface area is 139 Å². The van der Waals surface area contributed by atoms with Gasteiger partial charge >= 0.3 is 12.1 Å². The van der Waals surface area contributed by atoms with E-state index in [9.17, 15) is 19.2 Å². The molecule has 1 atom stereocenters. The summed E-state index contributed by atoms with van der Waals surface area (Å²) in [5.74, 6) is -1.20. The van der Waals surface area contributed by atoms with E-state index in [4.69, 9.17) is 0 Å². The predicted octanol–water partition coefficient (Wildman–Crippen LogP) is 0.998. The number of amides is 6. The van der Waals surface area contributed by atoms with E-state index in [2.05, 4.69) is 10.6 Å².